The number of nitriles is 1. The highest BCUT2D eigenvalue weighted by Crippen LogP contribution is 2.40. The van der Waals surface area contributed by atoms with Crippen molar-refractivity contribution in [3.8, 4) is 6.07 Å². The van der Waals surface area contributed by atoms with Crippen LogP contribution in [0.4, 0.5) is 5.69 Å². The molecule has 0 radical (unpaired) electrons. The van der Waals surface area contributed by atoms with E-state index in [1.165, 1.54) is 11.0 Å². The van der Waals surface area contributed by atoms with Crippen LogP contribution >= 0.6 is 0 Å². The highest BCUT2D eigenvalue weighted by Gasteiger charge is 2.42. The standard InChI is InChI=1S/C24H24N2O4/c1-14(2)16-8-5-9-17(15(3)4)21(16)26-22(27)18-10-6-11-19(20(18)23(26)28)24(29)30-13-7-12-25/h5-6,8-11,14-15H,7,13H2,1-4H3. The molecule has 3 rings (SSSR count). The monoisotopic (exact) mass is 404 g/mol. The molecule has 0 saturated carbocycles. The summed E-state index contributed by atoms with van der Waals surface area (Å²) in [4.78, 5) is 40.5. The number of rotatable bonds is 6. The van der Waals surface area contributed by atoms with Gasteiger partial charge < -0.3 is 4.74 Å². The molecule has 1 aliphatic rings. The molecule has 0 atom stereocenters. The first kappa shape index (κ1) is 21.3. The number of imide groups is 1. The van der Waals surface area contributed by atoms with E-state index in [4.69, 9.17) is 10.00 Å². The summed E-state index contributed by atoms with van der Waals surface area (Å²) >= 11 is 0. The van der Waals surface area contributed by atoms with Crippen LogP contribution in [0.25, 0.3) is 0 Å². The number of nitrogens with zero attached hydrogens (tertiary/aromatic N) is 2. The molecule has 30 heavy (non-hydrogen) atoms. The lowest BCUT2D eigenvalue weighted by molar-refractivity contribution is 0.0510. The third-order valence-corrected chi connectivity index (χ3v) is 5.15. The maximum atomic E-state index is 13.5. The molecule has 6 nitrogen and oxygen atoms in total. The molecule has 2 aromatic rings. The fourth-order valence-electron chi connectivity index (χ4n) is 3.70. The van der Waals surface area contributed by atoms with Gasteiger partial charge in [0.1, 0.15) is 6.61 Å². The Morgan fingerprint density at radius 2 is 1.60 bits per heavy atom. The Bertz CT molecular complexity index is 1040. The lowest BCUT2D eigenvalue weighted by atomic mass is 9.92. The minimum absolute atomic E-state index is 0.0411. The maximum absolute atomic E-state index is 13.5. The Hall–Kier alpha value is -3.46. The number of para-hydroxylation sites is 1. The molecule has 1 aliphatic heterocycles. The molecule has 1 heterocycles. The van der Waals surface area contributed by atoms with E-state index in [1.54, 1.807) is 12.1 Å². The average molecular weight is 404 g/mol. The molecule has 6 heteroatoms. The molecule has 0 aliphatic carbocycles. The Morgan fingerprint density at radius 3 is 2.17 bits per heavy atom. The summed E-state index contributed by atoms with van der Waals surface area (Å²) in [7, 11) is 0. The zero-order valence-corrected chi connectivity index (χ0v) is 17.6. The normalized spacial score (nSPS) is 13.0. The van der Waals surface area contributed by atoms with Crippen molar-refractivity contribution in [2.75, 3.05) is 11.5 Å². The van der Waals surface area contributed by atoms with E-state index in [0.29, 0.717) is 5.69 Å². The van der Waals surface area contributed by atoms with Crippen LogP contribution in [-0.2, 0) is 4.74 Å². The summed E-state index contributed by atoms with van der Waals surface area (Å²) in [5.41, 5.74) is 2.67. The largest absolute Gasteiger partial charge is 0.461 e. The van der Waals surface area contributed by atoms with Gasteiger partial charge in [-0.1, -0.05) is 52.0 Å². The first-order chi connectivity index (χ1) is 14.3. The van der Waals surface area contributed by atoms with E-state index in [1.807, 2.05) is 52.0 Å². The van der Waals surface area contributed by atoms with Gasteiger partial charge >= 0.3 is 5.97 Å². The highest BCUT2D eigenvalue weighted by molar-refractivity contribution is 6.36. The molecular formula is C24H24N2O4. The van der Waals surface area contributed by atoms with Gasteiger partial charge in [0.15, 0.2) is 0 Å². The summed E-state index contributed by atoms with van der Waals surface area (Å²) < 4.78 is 5.10. The lowest BCUT2D eigenvalue weighted by Crippen LogP contribution is -2.32. The van der Waals surface area contributed by atoms with Crippen molar-refractivity contribution in [3.05, 3.63) is 64.2 Å². The number of carbonyl (C=O) groups is 3. The van der Waals surface area contributed by atoms with E-state index in [-0.39, 0.29) is 41.6 Å². The van der Waals surface area contributed by atoms with Crippen LogP contribution in [0, 0.1) is 11.3 Å². The van der Waals surface area contributed by atoms with Gasteiger partial charge in [-0.2, -0.15) is 5.26 Å². The zero-order chi connectivity index (χ0) is 22.0. The van der Waals surface area contributed by atoms with Crippen LogP contribution in [0.3, 0.4) is 0 Å². The number of hydrogen-bond donors (Lipinski definition) is 0. The average Bonchev–Trinajstić information content (AvgIpc) is 2.97. The minimum Gasteiger partial charge on any atom is -0.461 e. The molecule has 0 bridgehead atoms. The van der Waals surface area contributed by atoms with Crippen molar-refractivity contribution in [3.63, 3.8) is 0 Å². The first-order valence-electron chi connectivity index (χ1n) is 9.98. The molecule has 0 unspecified atom stereocenters. The maximum Gasteiger partial charge on any atom is 0.339 e. The number of amides is 2. The van der Waals surface area contributed by atoms with Gasteiger partial charge in [-0.15, -0.1) is 0 Å². The number of fused-ring (bicyclic) bond motifs is 1. The molecular weight excluding hydrogens is 380 g/mol. The fraction of sp³-hybridized carbons (Fsp3) is 0.333. The third-order valence-electron chi connectivity index (χ3n) is 5.15. The zero-order valence-electron chi connectivity index (χ0n) is 17.6. The SMILES string of the molecule is CC(C)c1cccc(C(C)C)c1N1C(=O)c2cccc(C(=O)OCCC#N)c2C1=O. The fourth-order valence-corrected chi connectivity index (χ4v) is 3.70. The first-order valence-corrected chi connectivity index (χ1v) is 9.98. The molecule has 0 saturated heterocycles. The number of esters is 1. The van der Waals surface area contributed by atoms with Crippen LogP contribution < -0.4 is 4.90 Å². The Labute approximate surface area is 176 Å². The summed E-state index contributed by atoms with van der Waals surface area (Å²) in [6, 6.07) is 12.3. The van der Waals surface area contributed by atoms with Crippen LogP contribution in [0.5, 0.6) is 0 Å². The van der Waals surface area contributed by atoms with Gasteiger partial charge in [-0.05, 0) is 35.1 Å². The summed E-state index contributed by atoms with van der Waals surface area (Å²) in [5.74, 6) is -1.50. The van der Waals surface area contributed by atoms with Crippen LogP contribution in [0.15, 0.2) is 36.4 Å². The van der Waals surface area contributed by atoms with Crippen molar-refractivity contribution in [2.45, 2.75) is 46.0 Å². The molecule has 0 N–H and O–H groups in total. The van der Waals surface area contributed by atoms with E-state index >= 15 is 0 Å². The second-order valence-corrected chi connectivity index (χ2v) is 7.81. The Kier molecular flexibility index (Phi) is 6.02. The van der Waals surface area contributed by atoms with Crippen molar-refractivity contribution in [2.24, 2.45) is 0 Å². The Balaban J connectivity index is 2.13. The second-order valence-electron chi connectivity index (χ2n) is 7.81. The predicted octanol–water partition coefficient (Wildman–Crippen LogP) is 4.80. The number of ether oxygens (including phenoxy) is 1. The quantitative estimate of drug-likeness (QED) is 0.392. The minimum atomic E-state index is -0.716. The highest BCUT2D eigenvalue weighted by atomic mass is 16.5. The molecule has 2 amide bonds. The number of carbonyl (C=O) groups excluding carboxylic acids is 3. The summed E-state index contributed by atoms with van der Waals surface area (Å²) in [6.07, 6.45) is 0.0548. The van der Waals surface area contributed by atoms with Crippen molar-refractivity contribution < 1.29 is 19.1 Å². The number of hydrogen-bond acceptors (Lipinski definition) is 5. The van der Waals surface area contributed by atoms with Crippen LogP contribution in [0.2, 0.25) is 0 Å². The summed E-state index contributed by atoms with van der Waals surface area (Å²) in [5, 5.41) is 8.64. The molecule has 0 spiro atoms. The Morgan fingerprint density at radius 1 is 1.00 bits per heavy atom. The van der Waals surface area contributed by atoms with E-state index in [9.17, 15) is 14.4 Å². The summed E-state index contributed by atoms with van der Waals surface area (Å²) in [6.45, 7) is 7.98. The van der Waals surface area contributed by atoms with E-state index < -0.39 is 17.8 Å². The van der Waals surface area contributed by atoms with Gasteiger partial charge in [0.05, 0.1) is 34.9 Å². The molecule has 0 fully saturated rings. The molecule has 0 aromatic heterocycles. The second kappa shape index (κ2) is 8.50. The predicted molar refractivity (Wildman–Crippen MR) is 113 cm³/mol. The van der Waals surface area contributed by atoms with Gasteiger partial charge in [-0.25, -0.2) is 9.69 Å². The van der Waals surface area contributed by atoms with Gasteiger partial charge in [-0.3, -0.25) is 9.59 Å². The lowest BCUT2D eigenvalue weighted by Gasteiger charge is -2.25. The van der Waals surface area contributed by atoms with Crippen molar-refractivity contribution in [1.82, 2.24) is 0 Å². The smallest absolute Gasteiger partial charge is 0.339 e. The van der Waals surface area contributed by atoms with Gasteiger partial charge in [0.25, 0.3) is 11.8 Å². The third kappa shape index (κ3) is 3.59. The van der Waals surface area contributed by atoms with Crippen molar-refractivity contribution >= 4 is 23.5 Å². The van der Waals surface area contributed by atoms with Gasteiger partial charge in [0.2, 0.25) is 0 Å². The topological polar surface area (TPSA) is 87.5 Å². The van der Waals surface area contributed by atoms with Crippen molar-refractivity contribution in [1.29, 1.82) is 5.26 Å². The number of benzene rings is 2. The molecule has 2 aromatic carbocycles. The molecule has 154 valence electrons. The van der Waals surface area contributed by atoms with Gasteiger partial charge in [0, 0.05) is 0 Å². The van der Waals surface area contributed by atoms with E-state index in [2.05, 4.69) is 0 Å². The van der Waals surface area contributed by atoms with E-state index in [0.717, 1.165) is 11.1 Å². The number of anilines is 1. The van der Waals surface area contributed by atoms with Crippen LogP contribution in [-0.4, -0.2) is 24.4 Å². The van der Waals surface area contributed by atoms with Crippen LogP contribution in [0.1, 0.15) is 88.2 Å².